The van der Waals surface area contributed by atoms with E-state index in [-0.39, 0.29) is 16.6 Å². The van der Waals surface area contributed by atoms with Gasteiger partial charge in [0.25, 0.3) is 0 Å². The molecule has 0 amide bonds. The van der Waals surface area contributed by atoms with E-state index in [1.54, 1.807) is 0 Å². The van der Waals surface area contributed by atoms with Crippen molar-refractivity contribution in [3.63, 3.8) is 0 Å². The zero-order chi connectivity index (χ0) is 11.5. The van der Waals surface area contributed by atoms with Crippen molar-refractivity contribution >= 4 is 17.4 Å². The molecule has 0 unspecified atom stereocenters. The third-order valence-corrected chi connectivity index (χ3v) is 4.09. The summed E-state index contributed by atoms with van der Waals surface area (Å²) >= 11 is 5.66. The quantitative estimate of drug-likeness (QED) is 0.748. The molecule has 1 aliphatic heterocycles. The fourth-order valence-electron chi connectivity index (χ4n) is 2.70. The highest BCUT2D eigenvalue weighted by Gasteiger charge is 2.64. The highest BCUT2D eigenvalue weighted by Crippen LogP contribution is 2.53. The number of fused-ring (bicyclic) bond motifs is 1. The molecule has 0 spiro atoms. The van der Waals surface area contributed by atoms with Crippen molar-refractivity contribution in [3.8, 4) is 0 Å². The van der Waals surface area contributed by atoms with Crippen molar-refractivity contribution in [2.75, 3.05) is 18.0 Å². The molecule has 86 valence electrons. The number of rotatable bonds is 1. The van der Waals surface area contributed by atoms with E-state index in [0.717, 1.165) is 12.7 Å². The van der Waals surface area contributed by atoms with E-state index in [4.69, 9.17) is 17.3 Å². The summed E-state index contributed by atoms with van der Waals surface area (Å²) in [5, 5.41) is 0.0658. The molecule has 3 atom stereocenters. The first kappa shape index (κ1) is 10.2. The summed E-state index contributed by atoms with van der Waals surface area (Å²) in [6, 6.07) is 0. The van der Waals surface area contributed by atoms with Crippen molar-refractivity contribution in [2.45, 2.75) is 12.5 Å². The zero-order valence-electron chi connectivity index (χ0n) is 8.82. The minimum Gasteiger partial charge on any atom is -0.352 e. The highest BCUT2D eigenvalue weighted by atomic mass is 35.5. The molecule has 1 aromatic rings. The van der Waals surface area contributed by atoms with E-state index in [9.17, 15) is 4.39 Å². The van der Waals surface area contributed by atoms with E-state index in [0.29, 0.717) is 18.4 Å². The van der Waals surface area contributed by atoms with Crippen LogP contribution in [0.15, 0.2) is 6.20 Å². The van der Waals surface area contributed by atoms with E-state index < -0.39 is 5.82 Å². The van der Waals surface area contributed by atoms with Crippen molar-refractivity contribution in [1.82, 2.24) is 9.97 Å². The number of hydrogen-bond acceptors (Lipinski definition) is 4. The van der Waals surface area contributed by atoms with Crippen LogP contribution in [0.3, 0.4) is 0 Å². The van der Waals surface area contributed by atoms with Gasteiger partial charge in [-0.1, -0.05) is 6.92 Å². The molecule has 4 nitrogen and oxygen atoms in total. The first-order valence-electron chi connectivity index (χ1n) is 5.24. The van der Waals surface area contributed by atoms with Crippen LogP contribution in [0, 0.1) is 17.7 Å². The van der Waals surface area contributed by atoms with Gasteiger partial charge >= 0.3 is 0 Å². The Bertz CT molecular complexity index is 454. The molecular formula is C10H12ClFN4. The fraction of sp³-hybridized carbons (Fsp3) is 0.600. The molecule has 3 rings (SSSR count). The number of nitrogens with two attached hydrogens (primary N) is 1. The lowest BCUT2D eigenvalue weighted by atomic mass is 10.2. The van der Waals surface area contributed by atoms with E-state index in [2.05, 4.69) is 16.9 Å². The van der Waals surface area contributed by atoms with Gasteiger partial charge in [-0.3, -0.25) is 0 Å². The Morgan fingerprint density at radius 1 is 1.69 bits per heavy atom. The Morgan fingerprint density at radius 2 is 2.44 bits per heavy atom. The van der Waals surface area contributed by atoms with Gasteiger partial charge in [0.05, 0.1) is 6.20 Å². The first-order chi connectivity index (χ1) is 7.52. The van der Waals surface area contributed by atoms with Gasteiger partial charge in [0.1, 0.15) is 0 Å². The van der Waals surface area contributed by atoms with E-state index >= 15 is 0 Å². The maximum atomic E-state index is 13.5. The molecule has 2 N–H and O–H groups in total. The third-order valence-electron chi connectivity index (χ3n) is 3.91. The van der Waals surface area contributed by atoms with Gasteiger partial charge in [0.15, 0.2) is 11.6 Å². The predicted octanol–water partition coefficient (Wildman–Crippen LogP) is 1.05. The predicted molar refractivity (Wildman–Crippen MR) is 58.8 cm³/mol. The Kier molecular flexibility index (Phi) is 1.95. The minimum atomic E-state index is -0.443. The summed E-state index contributed by atoms with van der Waals surface area (Å²) in [5.74, 6) is 0.788. The maximum Gasteiger partial charge on any atom is 0.224 e. The van der Waals surface area contributed by atoms with Gasteiger partial charge in [-0.25, -0.2) is 9.37 Å². The van der Waals surface area contributed by atoms with Crippen molar-refractivity contribution in [1.29, 1.82) is 0 Å². The van der Waals surface area contributed by atoms with Crippen molar-refractivity contribution < 1.29 is 4.39 Å². The second kappa shape index (κ2) is 3.05. The average molecular weight is 243 g/mol. The summed E-state index contributed by atoms with van der Waals surface area (Å²) in [6.45, 7) is 3.52. The van der Waals surface area contributed by atoms with Crippen molar-refractivity contribution in [3.05, 3.63) is 17.3 Å². The molecule has 0 aromatic carbocycles. The van der Waals surface area contributed by atoms with Gasteiger partial charge in [-0.2, -0.15) is 4.98 Å². The van der Waals surface area contributed by atoms with Crippen LogP contribution in [0.2, 0.25) is 5.28 Å². The molecule has 1 aromatic heterocycles. The number of aromatic nitrogens is 2. The fourth-order valence-corrected chi connectivity index (χ4v) is 2.83. The summed E-state index contributed by atoms with van der Waals surface area (Å²) in [5.41, 5.74) is 6.01. The van der Waals surface area contributed by atoms with Crippen LogP contribution in [0.4, 0.5) is 10.2 Å². The third kappa shape index (κ3) is 1.25. The summed E-state index contributed by atoms with van der Waals surface area (Å²) < 4.78 is 13.5. The summed E-state index contributed by atoms with van der Waals surface area (Å²) in [4.78, 5) is 9.36. The number of halogens is 2. The van der Waals surface area contributed by atoms with Crippen LogP contribution in [0.25, 0.3) is 0 Å². The highest BCUT2D eigenvalue weighted by molar-refractivity contribution is 6.28. The van der Waals surface area contributed by atoms with Crippen LogP contribution in [-0.2, 0) is 0 Å². The van der Waals surface area contributed by atoms with Crippen LogP contribution < -0.4 is 10.6 Å². The maximum absolute atomic E-state index is 13.5. The van der Waals surface area contributed by atoms with Crippen LogP contribution in [-0.4, -0.2) is 28.6 Å². The van der Waals surface area contributed by atoms with Gasteiger partial charge in [0.2, 0.25) is 5.28 Å². The van der Waals surface area contributed by atoms with E-state index in [1.807, 2.05) is 4.90 Å². The topological polar surface area (TPSA) is 55.0 Å². The van der Waals surface area contributed by atoms with Crippen LogP contribution in [0.5, 0.6) is 0 Å². The molecule has 0 radical (unpaired) electrons. The normalized spacial score (nSPS) is 36.4. The number of hydrogen-bond donors (Lipinski definition) is 1. The molecular weight excluding hydrogens is 231 g/mol. The molecule has 16 heavy (non-hydrogen) atoms. The Hall–Kier alpha value is -0.940. The average Bonchev–Trinajstić information content (AvgIpc) is 2.61. The lowest BCUT2D eigenvalue weighted by molar-refractivity contribution is 0.582. The zero-order valence-corrected chi connectivity index (χ0v) is 9.58. The van der Waals surface area contributed by atoms with Crippen LogP contribution in [0.1, 0.15) is 6.92 Å². The summed E-state index contributed by atoms with van der Waals surface area (Å²) in [6.07, 6.45) is 1.10. The van der Waals surface area contributed by atoms with Gasteiger partial charge in [0, 0.05) is 24.5 Å². The molecule has 1 aliphatic carbocycles. The SMILES string of the molecule is C[C@H]1[C@H]2CN(c3nc(Cl)ncc3F)C[C@]21N. The molecule has 1 saturated heterocycles. The monoisotopic (exact) mass is 242 g/mol. The number of anilines is 1. The largest absolute Gasteiger partial charge is 0.352 e. The molecule has 1 saturated carbocycles. The standard InChI is InChI=1S/C10H12ClFN4/c1-5-6-3-16(4-10(5,6)13)8-7(12)2-14-9(11)15-8/h2,5-6H,3-4,13H2,1H3/t5-,6+,10+/m0/s1. The van der Waals surface area contributed by atoms with Crippen molar-refractivity contribution in [2.24, 2.45) is 17.6 Å². The molecule has 0 bridgehead atoms. The van der Waals surface area contributed by atoms with Gasteiger partial charge < -0.3 is 10.6 Å². The molecule has 6 heteroatoms. The second-order valence-corrected chi connectivity index (χ2v) is 5.04. The summed E-state index contributed by atoms with van der Waals surface area (Å²) in [7, 11) is 0. The molecule has 2 heterocycles. The number of nitrogens with zero attached hydrogens (tertiary/aromatic N) is 3. The van der Waals surface area contributed by atoms with E-state index in [1.165, 1.54) is 0 Å². The van der Waals surface area contributed by atoms with Gasteiger partial charge in [-0.05, 0) is 17.5 Å². The Labute approximate surface area is 97.6 Å². The lowest BCUT2D eigenvalue weighted by Gasteiger charge is -2.22. The first-order valence-corrected chi connectivity index (χ1v) is 5.62. The van der Waals surface area contributed by atoms with Crippen LogP contribution >= 0.6 is 11.6 Å². The second-order valence-electron chi connectivity index (χ2n) is 4.70. The Morgan fingerprint density at radius 3 is 3.06 bits per heavy atom. The smallest absolute Gasteiger partial charge is 0.224 e. The molecule has 2 aliphatic rings. The lowest BCUT2D eigenvalue weighted by Crippen LogP contribution is -2.36. The van der Waals surface area contributed by atoms with Gasteiger partial charge in [-0.15, -0.1) is 0 Å². The minimum absolute atomic E-state index is 0.0658. The Balaban J connectivity index is 1.88. The number of piperidine rings is 1. The molecule has 2 fully saturated rings.